The zero-order valence-electron chi connectivity index (χ0n) is 19.3. The van der Waals surface area contributed by atoms with Crippen LogP contribution in [0.15, 0.2) is 59.1 Å². The number of hydroxylamine groups is 2. The number of nitrogens with two attached hydrogens (primary N) is 1. The average molecular weight is 476 g/mol. The molecule has 2 aliphatic heterocycles. The fraction of sp³-hybridized carbons (Fsp3) is 0.400. The molecule has 0 saturated carbocycles. The maximum atomic E-state index is 13.3. The lowest BCUT2D eigenvalue weighted by Gasteiger charge is -2.39. The van der Waals surface area contributed by atoms with Gasteiger partial charge in [0.15, 0.2) is 0 Å². The van der Waals surface area contributed by atoms with E-state index in [1.165, 1.54) is 11.1 Å². The Labute approximate surface area is 196 Å². The number of fused-ring (bicyclic) bond motifs is 2. The number of aliphatic hydroxyl groups excluding tert-OH is 1. The standard InChI is InChI=1S/C25H28F3N3O3/c1-15(2)11-18(9-10-32)22-14-24(30-23(29)31(3)34-24)20-13-17(7-8-21(20)33-22)16-5-4-6-19(12-16)25(26,27)28/h4-8,11-13,18,22,32H,9-10,14H2,1-3H3,(H2,29,30)/t18?,22-,24-/m0/s1. The van der Waals surface area contributed by atoms with E-state index in [1.807, 2.05) is 13.8 Å². The fourth-order valence-electron chi connectivity index (χ4n) is 4.51. The van der Waals surface area contributed by atoms with Crippen molar-refractivity contribution in [3.63, 3.8) is 0 Å². The fourth-order valence-corrected chi connectivity index (χ4v) is 4.51. The second-order valence-electron chi connectivity index (χ2n) is 8.91. The van der Waals surface area contributed by atoms with Gasteiger partial charge in [-0.3, -0.25) is 0 Å². The lowest BCUT2D eigenvalue weighted by molar-refractivity contribution is -0.193. The quantitative estimate of drug-likeness (QED) is 0.606. The molecule has 182 valence electrons. The van der Waals surface area contributed by atoms with Crippen LogP contribution < -0.4 is 10.5 Å². The number of hydrogen-bond acceptors (Lipinski definition) is 6. The second kappa shape index (κ2) is 8.96. The van der Waals surface area contributed by atoms with Gasteiger partial charge in [-0.25, -0.2) is 14.9 Å². The highest BCUT2D eigenvalue weighted by atomic mass is 19.4. The van der Waals surface area contributed by atoms with Crippen molar-refractivity contribution in [3.05, 3.63) is 65.2 Å². The summed E-state index contributed by atoms with van der Waals surface area (Å²) in [7, 11) is 1.65. The zero-order chi connectivity index (χ0) is 24.7. The van der Waals surface area contributed by atoms with Crippen LogP contribution in [0.4, 0.5) is 13.2 Å². The summed E-state index contributed by atoms with van der Waals surface area (Å²) in [5.74, 6) is 0.620. The van der Waals surface area contributed by atoms with Crippen LogP contribution in [0.1, 0.15) is 37.8 Å². The third kappa shape index (κ3) is 4.63. The molecule has 4 rings (SSSR count). The first-order valence-electron chi connectivity index (χ1n) is 11.1. The largest absolute Gasteiger partial charge is 0.489 e. The maximum absolute atomic E-state index is 13.3. The molecule has 0 radical (unpaired) electrons. The van der Waals surface area contributed by atoms with Crippen LogP contribution in [-0.2, 0) is 16.7 Å². The van der Waals surface area contributed by atoms with Gasteiger partial charge in [-0.05, 0) is 55.7 Å². The predicted molar refractivity (Wildman–Crippen MR) is 123 cm³/mol. The normalized spacial score (nSPS) is 22.7. The van der Waals surface area contributed by atoms with Crippen LogP contribution in [-0.4, -0.2) is 35.9 Å². The van der Waals surface area contributed by atoms with E-state index in [4.69, 9.17) is 15.3 Å². The highest BCUT2D eigenvalue weighted by Crippen LogP contribution is 2.49. The van der Waals surface area contributed by atoms with E-state index in [1.54, 1.807) is 31.3 Å². The Morgan fingerprint density at radius 2 is 2.00 bits per heavy atom. The van der Waals surface area contributed by atoms with Crippen molar-refractivity contribution in [1.29, 1.82) is 0 Å². The number of aliphatic hydroxyl groups is 1. The molecule has 34 heavy (non-hydrogen) atoms. The van der Waals surface area contributed by atoms with Crippen LogP contribution in [0.3, 0.4) is 0 Å². The van der Waals surface area contributed by atoms with Gasteiger partial charge in [0.1, 0.15) is 11.9 Å². The third-order valence-corrected chi connectivity index (χ3v) is 6.07. The number of benzene rings is 2. The van der Waals surface area contributed by atoms with E-state index in [9.17, 15) is 18.3 Å². The first-order chi connectivity index (χ1) is 16.0. The van der Waals surface area contributed by atoms with Gasteiger partial charge in [-0.2, -0.15) is 13.2 Å². The van der Waals surface area contributed by atoms with Gasteiger partial charge < -0.3 is 15.6 Å². The van der Waals surface area contributed by atoms with Crippen molar-refractivity contribution in [2.24, 2.45) is 16.6 Å². The predicted octanol–water partition coefficient (Wildman–Crippen LogP) is 4.83. The van der Waals surface area contributed by atoms with Crippen LogP contribution >= 0.6 is 0 Å². The molecule has 0 fully saturated rings. The number of rotatable bonds is 5. The summed E-state index contributed by atoms with van der Waals surface area (Å²) in [5, 5.41) is 11.0. The molecule has 3 N–H and O–H groups in total. The Hall–Kier alpha value is -3.04. The molecule has 2 heterocycles. The lowest BCUT2D eigenvalue weighted by Crippen LogP contribution is -2.42. The topological polar surface area (TPSA) is 80.3 Å². The number of hydrogen-bond donors (Lipinski definition) is 2. The first-order valence-corrected chi connectivity index (χ1v) is 11.1. The summed E-state index contributed by atoms with van der Waals surface area (Å²) in [6.45, 7) is 3.96. The van der Waals surface area contributed by atoms with Crippen LogP contribution in [0.5, 0.6) is 5.75 Å². The molecular weight excluding hydrogens is 447 g/mol. The van der Waals surface area contributed by atoms with Crippen molar-refractivity contribution >= 4 is 5.96 Å². The molecule has 3 atom stereocenters. The van der Waals surface area contributed by atoms with E-state index in [-0.39, 0.29) is 24.6 Å². The van der Waals surface area contributed by atoms with Crippen LogP contribution in [0.25, 0.3) is 11.1 Å². The van der Waals surface area contributed by atoms with Gasteiger partial charge in [-0.1, -0.05) is 29.8 Å². The summed E-state index contributed by atoms with van der Waals surface area (Å²) in [6, 6.07) is 10.4. The number of guanidine groups is 1. The molecule has 9 heteroatoms. The van der Waals surface area contributed by atoms with Gasteiger partial charge in [-0.15, -0.1) is 0 Å². The molecule has 0 amide bonds. The second-order valence-corrected chi connectivity index (χ2v) is 8.91. The Morgan fingerprint density at radius 3 is 2.62 bits per heavy atom. The van der Waals surface area contributed by atoms with Crippen molar-refractivity contribution in [3.8, 4) is 16.9 Å². The van der Waals surface area contributed by atoms with E-state index in [0.29, 0.717) is 35.3 Å². The molecule has 2 aromatic carbocycles. The molecule has 6 nitrogen and oxygen atoms in total. The summed E-state index contributed by atoms with van der Waals surface area (Å²) >= 11 is 0. The van der Waals surface area contributed by atoms with Gasteiger partial charge >= 0.3 is 6.18 Å². The number of allylic oxidation sites excluding steroid dienone is 1. The minimum atomic E-state index is -4.44. The van der Waals surface area contributed by atoms with Crippen molar-refractivity contribution in [2.45, 2.75) is 44.7 Å². The van der Waals surface area contributed by atoms with E-state index >= 15 is 0 Å². The van der Waals surface area contributed by atoms with Gasteiger partial charge in [0, 0.05) is 26.0 Å². The van der Waals surface area contributed by atoms with Crippen molar-refractivity contribution in [2.75, 3.05) is 13.7 Å². The van der Waals surface area contributed by atoms with E-state index in [0.717, 1.165) is 17.7 Å². The highest BCUT2D eigenvalue weighted by molar-refractivity contribution is 5.79. The van der Waals surface area contributed by atoms with E-state index in [2.05, 4.69) is 11.1 Å². The third-order valence-electron chi connectivity index (χ3n) is 6.07. The first kappa shape index (κ1) is 24.1. The number of aliphatic imine (C=N–C) groups is 1. The van der Waals surface area contributed by atoms with Gasteiger partial charge in [0.2, 0.25) is 11.7 Å². The highest BCUT2D eigenvalue weighted by Gasteiger charge is 2.50. The minimum absolute atomic E-state index is 0.00514. The Bertz CT molecular complexity index is 1130. The summed E-state index contributed by atoms with van der Waals surface area (Å²) in [5.41, 5.74) is 6.82. The smallest absolute Gasteiger partial charge is 0.416 e. The summed E-state index contributed by atoms with van der Waals surface area (Å²) in [4.78, 5) is 10.7. The molecule has 0 bridgehead atoms. The maximum Gasteiger partial charge on any atom is 0.416 e. The van der Waals surface area contributed by atoms with Crippen LogP contribution in [0, 0.1) is 5.92 Å². The Morgan fingerprint density at radius 1 is 1.26 bits per heavy atom. The van der Waals surface area contributed by atoms with E-state index < -0.39 is 17.5 Å². The molecule has 2 aromatic rings. The lowest BCUT2D eigenvalue weighted by atomic mass is 9.84. The molecule has 2 aliphatic rings. The SMILES string of the molecule is CC(C)=CC(CCO)[C@@H]1C[C@@]2(N=C(N)N(C)O2)c2cc(-c3cccc(C(F)(F)F)c3)ccc2O1. The molecule has 0 saturated heterocycles. The molecule has 1 spiro atoms. The molecular formula is C25H28F3N3O3. The number of alkyl halides is 3. The van der Waals surface area contributed by atoms with Gasteiger partial charge in [0.05, 0.1) is 11.1 Å². The average Bonchev–Trinajstić information content (AvgIpc) is 3.05. The monoisotopic (exact) mass is 475 g/mol. The minimum Gasteiger partial charge on any atom is -0.489 e. The Kier molecular flexibility index (Phi) is 6.35. The number of nitrogens with zero attached hydrogens (tertiary/aromatic N) is 2. The molecule has 0 aromatic heterocycles. The van der Waals surface area contributed by atoms with Crippen molar-refractivity contribution in [1.82, 2.24) is 5.06 Å². The summed E-state index contributed by atoms with van der Waals surface area (Å²) in [6.07, 6.45) is -1.91. The molecule has 1 unspecified atom stereocenters. The number of halogens is 3. The van der Waals surface area contributed by atoms with Crippen molar-refractivity contribution < 1.29 is 27.9 Å². The van der Waals surface area contributed by atoms with Crippen LogP contribution in [0.2, 0.25) is 0 Å². The summed E-state index contributed by atoms with van der Waals surface area (Å²) < 4.78 is 46.1. The van der Waals surface area contributed by atoms with Gasteiger partial charge in [0.25, 0.3) is 0 Å². The number of ether oxygens (including phenoxy) is 1. The Balaban J connectivity index is 1.80. The molecule has 0 aliphatic carbocycles. The zero-order valence-corrected chi connectivity index (χ0v) is 19.3.